The second-order valence-corrected chi connectivity index (χ2v) is 14.0. The smallest absolute Gasteiger partial charge is 0.352 e. The summed E-state index contributed by atoms with van der Waals surface area (Å²) in [7, 11) is 5.33. The summed E-state index contributed by atoms with van der Waals surface area (Å²) in [5, 5.41) is 24.4. The number of carbonyl (C=O) groups is 1. The van der Waals surface area contributed by atoms with Crippen molar-refractivity contribution in [3.63, 3.8) is 0 Å². The lowest BCUT2D eigenvalue weighted by atomic mass is 9.95. The van der Waals surface area contributed by atoms with Crippen molar-refractivity contribution in [1.82, 2.24) is 24.1 Å². The number of thioether (sulfide) groups is 1. The molecular formula is C35H37ClF2N6O3S. The average Bonchev–Trinajstić information content (AvgIpc) is 3.63. The molecule has 8 bridgehead atoms. The highest BCUT2D eigenvalue weighted by Gasteiger charge is 2.36. The highest BCUT2D eigenvalue weighted by molar-refractivity contribution is 7.97. The topological polar surface area (TPSA) is 99.1 Å². The third-order valence-electron chi connectivity index (χ3n) is 9.57. The number of aromatic carboxylic acids is 1. The van der Waals surface area contributed by atoms with E-state index < -0.39 is 18.3 Å². The van der Waals surface area contributed by atoms with Crippen LogP contribution in [0.4, 0.5) is 14.5 Å². The summed E-state index contributed by atoms with van der Waals surface area (Å²) in [6, 6.07) is 8.48. The maximum atomic E-state index is 16.0. The number of nitrogens with zero attached hydrogens (tertiary/aromatic N) is 5. The first-order chi connectivity index (χ1) is 22.9. The predicted octanol–water partition coefficient (Wildman–Crippen LogP) is 7.42. The van der Waals surface area contributed by atoms with Crippen molar-refractivity contribution in [3.8, 4) is 16.9 Å². The molecule has 2 aliphatic heterocycles. The molecule has 2 aliphatic rings. The van der Waals surface area contributed by atoms with Gasteiger partial charge >= 0.3 is 5.97 Å². The Hall–Kier alpha value is -4.03. The number of aromatic nitrogens is 5. The molecule has 0 aliphatic carbocycles. The number of alkyl halides is 2. The number of ether oxygens (including phenoxy) is 1. The van der Waals surface area contributed by atoms with Crippen LogP contribution in [0.15, 0.2) is 30.3 Å². The van der Waals surface area contributed by atoms with Crippen molar-refractivity contribution in [2.75, 3.05) is 18.5 Å². The molecule has 0 radical (unpaired) electrons. The Morgan fingerprint density at radius 1 is 1.04 bits per heavy atom. The number of aryl methyl sites for hydroxylation is 4. The molecule has 48 heavy (non-hydrogen) atoms. The van der Waals surface area contributed by atoms with E-state index in [1.807, 2.05) is 30.8 Å². The Morgan fingerprint density at radius 2 is 1.83 bits per heavy atom. The normalized spacial score (nSPS) is 16.5. The number of halogens is 3. The van der Waals surface area contributed by atoms with E-state index >= 15 is 8.78 Å². The zero-order valence-corrected chi connectivity index (χ0v) is 28.9. The van der Waals surface area contributed by atoms with Gasteiger partial charge in [-0.3, -0.25) is 9.36 Å². The van der Waals surface area contributed by atoms with Crippen LogP contribution in [0.1, 0.15) is 62.8 Å². The van der Waals surface area contributed by atoms with Crippen LogP contribution in [0, 0.1) is 6.92 Å². The van der Waals surface area contributed by atoms with Gasteiger partial charge in [0.2, 0.25) is 0 Å². The number of nitrogens with one attached hydrogen (secondary N) is 1. The van der Waals surface area contributed by atoms with Gasteiger partial charge in [-0.1, -0.05) is 17.7 Å². The fraction of sp³-hybridized carbons (Fsp3) is 0.400. The van der Waals surface area contributed by atoms with Crippen molar-refractivity contribution < 1.29 is 23.4 Å². The molecular weight excluding hydrogens is 658 g/mol. The first kappa shape index (κ1) is 32.5. The molecule has 0 saturated carbocycles. The third-order valence-corrected chi connectivity index (χ3v) is 10.9. The number of fused-ring (bicyclic) bond motifs is 8. The molecule has 2 aromatic carbocycles. The highest BCUT2D eigenvalue weighted by atomic mass is 35.5. The number of rotatable bonds is 1. The maximum Gasteiger partial charge on any atom is 0.352 e. The van der Waals surface area contributed by atoms with E-state index in [2.05, 4.69) is 10.4 Å². The zero-order valence-electron chi connectivity index (χ0n) is 27.3. The summed E-state index contributed by atoms with van der Waals surface area (Å²) in [5.74, 6) is -2.77. The van der Waals surface area contributed by atoms with Crippen molar-refractivity contribution in [1.29, 1.82) is 0 Å². The second-order valence-electron chi connectivity index (χ2n) is 12.6. The molecule has 252 valence electrons. The molecule has 0 unspecified atom stereocenters. The molecule has 5 heterocycles. The fourth-order valence-electron chi connectivity index (χ4n) is 7.18. The summed E-state index contributed by atoms with van der Waals surface area (Å²) in [6.07, 6.45) is 1.98. The number of anilines is 1. The van der Waals surface area contributed by atoms with Crippen molar-refractivity contribution in [2.45, 2.75) is 56.5 Å². The predicted molar refractivity (Wildman–Crippen MR) is 185 cm³/mol. The van der Waals surface area contributed by atoms with Gasteiger partial charge in [-0.05, 0) is 62.4 Å². The Kier molecular flexibility index (Phi) is 8.43. The van der Waals surface area contributed by atoms with Gasteiger partial charge in [0.15, 0.2) is 0 Å². The molecule has 3 aromatic heterocycles. The van der Waals surface area contributed by atoms with Crippen LogP contribution in [0.3, 0.4) is 0 Å². The maximum absolute atomic E-state index is 16.0. The van der Waals surface area contributed by atoms with Crippen molar-refractivity contribution >= 4 is 45.9 Å². The van der Waals surface area contributed by atoms with Gasteiger partial charge in [-0.2, -0.15) is 10.2 Å². The molecule has 0 saturated heterocycles. The Balaban J connectivity index is 1.37. The summed E-state index contributed by atoms with van der Waals surface area (Å²) in [5.41, 5.74) is 7.47. The third kappa shape index (κ3) is 5.62. The zero-order chi connectivity index (χ0) is 33.9. The first-order valence-corrected chi connectivity index (χ1v) is 17.5. The molecule has 0 spiro atoms. The van der Waals surface area contributed by atoms with Gasteiger partial charge in [-0.25, -0.2) is 13.6 Å². The van der Waals surface area contributed by atoms with Gasteiger partial charge < -0.3 is 19.7 Å². The molecule has 0 amide bonds. The van der Waals surface area contributed by atoms with Gasteiger partial charge in [0.25, 0.3) is 5.92 Å². The second kappa shape index (κ2) is 12.5. The number of benzene rings is 2. The summed E-state index contributed by atoms with van der Waals surface area (Å²) >= 11 is 8.53. The SMILES string of the molecule is Cc1c2c(nn1C)CSCc1cc(n(C)n1)CC(F)(F)c1cc3c(c(c1)OCCCc1c(C(=O)O)n(C)c4c-2c(Cl)ccc14)CCCN3. The Bertz CT molecular complexity index is 2080. The van der Waals surface area contributed by atoms with E-state index in [4.69, 9.17) is 21.4 Å². The van der Waals surface area contributed by atoms with E-state index in [1.165, 1.54) is 10.7 Å². The molecule has 0 fully saturated rings. The lowest BCUT2D eigenvalue weighted by Gasteiger charge is -2.25. The van der Waals surface area contributed by atoms with Crippen LogP contribution in [0.5, 0.6) is 5.75 Å². The van der Waals surface area contributed by atoms with Crippen LogP contribution in [0.25, 0.3) is 22.0 Å². The van der Waals surface area contributed by atoms with E-state index in [-0.39, 0.29) is 17.9 Å². The van der Waals surface area contributed by atoms with E-state index in [0.717, 1.165) is 51.8 Å². The van der Waals surface area contributed by atoms with Crippen molar-refractivity contribution in [2.24, 2.45) is 21.1 Å². The number of carboxylic acids is 1. The van der Waals surface area contributed by atoms with Gasteiger partial charge in [0.1, 0.15) is 11.4 Å². The minimum atomic E-state index is -3.17. The quantitative estimate of drug-likeness (QED) is 0.188. The summed E-state index contributed by atoms with van der Waals surface area (Å²) in [6.45, 7) is 2.90. The van der Waals surface area contributed by atoms with Crippen LogP contribution in [0.2, 0.25) is 5.02 Å². The molecule has 13 heteroatoms. The molecule has 9 nitrogen and oxygen atoms in total. The standard InChI is InChI=1S/C35H37ClF2N6O3S/c1-19-30-28(41-43(19)3)18-48-17-21-15-22(44(4)40-21)16-35(37,38)20-13-27-25(7-5-11-39-27)29(14-20)47-12-6-8-23-24-9-10-26(36)31(30)32(24)42(2)33(23)34(45)46/h9-10,13-15,39H,5-8,11-12,16-18H2,1-4H3,(H,45,46). The fourth-order valence-corrected chi connectivity index (χ4v) is 8.27. The van der Waals surface area contributed by atoms with Gasteiger partial charge in [0, 0.05) is 83.9 Å². The minimum absolute atomic E-state index is 0.113. The molecule has 2 N–H and O–H groups in total. The number of hydrogen-bond acceptors (Lipinski definition) is 6. The average molecular weight is 695 g/mol. The van der Waals surface area contributed by atoms with Gasteiger partial charge in [-0.15, -0.1) is 11.8 Å². The summed E-state index contributed by atoms with van der Waals surface area (Å²) in [4.78, 5) is 12.7. The Labute approximate surface area is 286 Å². The minimum Gasteiger partial charge on any atom is -0.493 e. The monoisotopic (exact) mass is 694 g/mol. The van der Waals surface area contributed by atoms with Gasteiger partial charge in [0.05, 0.1) is 35.0 Å². The van der Waals surface area contributed by atoms with E-state index in [9.17, 15) is 9.90 Å². The highest BCUT2D eigenvalue weighted by Crippen LogP contribution is 2.44. The van der Waals surface area contributed by atoms with Crippen LogP contribution >= 0.6 is 23.4 Å². The number of hydrogen-bond donors (Lipinski definition) is 2. The Morgan fingerprint density at radius 3 is 2.62 bits per heavy atom. The summed E-state index contributed by atoms with van der Waals surface area (Å²) < 4.78 is 43.3. The van der Waals surface area contributed by atoms with Crippen molar-refractivity contribution in [3.05, 3.63) is 80.5 Å². The lowest BCUT2D eigenvalue weighted by molar-refractivity contribution is -0.00583. The lowest BCUT2D eigenvalue weighted by Crippen LogP contribution is -2.21. The van der Waals surface area contributed by atoms with Crippen LogP contribution in [-0.4, -0.2) is 48.4 Å². The molecule has 5 aromatic rings. The first-order valence-electron chi connectivity index (χ1n) is 16.0. The molecule has 7 rings (SSSR count). The van der Waals surface area contributed by atoms with Crippen LogP contribution < -0.4 is 10.1 Å². The largest absolute Gasteiger partial charge is 0.493 e. The van der Waals surface area contributed by atoms with E-state index in [0.29, 0.717) is 64.3 Å². The van der Waals surface area contributed by atoms with E-state index in [1.54, 1.807) is 42.6 Å². The number of carboxylic acid groups (broad SMARTS) is 1. The molecule has 0 atom stereocenters. The van der Waals surface area contributed by atoms with Crippen LogP contribution in [-0.2, 0) is 57.8 Å².